The van der Waals surface area contributed by atoms with E-state index in [2.05, 4.69) is 15.2 Å². The van der Waals surface area contributed by atoms with Gasteiger partial charge >= 0.3 is 0 Å². The first-order valence-corrected chi connectivity index (χ1v) is 7.29. The first-order valence-electron chi connectivity index (χ1n) is 5.80. The van der Waals surface area contributed by atoms with E-state index in [1.165, 1.54) is 0 Å². The molecule has 2 fully saturated rings. The molecule has 1 aliphatic carbocycles. The van der Waals surface area contributed by atoms with Gasteiger partial charge in [0, 0.05) is 41.3 Å². The molecule has 1 aromatic heterocycles. The maximum Gasteiger partial charge on any atom is 0.293 e. The van der Waals surface area contributed by atoms with Gasteiger partial charge in [-0.2, -0.15) is 0 Å². The van der Waals surface area contributed by atoms with Crippen LogP contribution in [0.4, 0.5) is 0 Å². The average Bonchev–Trinajstić information content (AvgIpc) is 3.07. The van der Waals surface area contributed by atoms with E-state index in [1.54, 1.807) is 4.90 Å². The number of amides is 1. The molecule has 1 aromatic rings. The zero-order chi connectivity index (χ0) is 11.8. The Bertz CT molecular complexity index is 459. The van der Waals surface area contributed by atoms with Crippen molar-refractivity contribution in [3.05, 3.63) is 11.6 Å². The normalized spacial score (nSPS) is 21.8. The van der Waals surface area contributed by atoms with E-state index in [-0.39, 0.29) is 11.7 Å². The monoisotopic (exact) mass is 254 g/mol. The average molecular weight is 254 g/mol. The Morgan fingerprint density at radius 1 is 1.35 bits per heavy atom. The number of H-pyrrole nitrogens is 1. The molecule has 2 aliphatic rings. The molecule has 7 heteroatoms. The minimum atomic E-state index is -0.768. The molecule has 1 N–H and O–H groups in total. The van der Waals surface area contributed by atoms with Crippen molar-refractivity contribution in [2.24, 2.45) is 0 Å². The Labute approximate surface area is 101 Å². The van der Waals surface area contributed by atoms with Crippen LogP contribution in [0.25, 0.3) is 0 Å². The number of aromatic nitrogens is 3. The fraction of sp³-hybridized carbons (Fsp3) is 0.700. The summed E-state index contributed by atoms with van der Waals surface area (Å²) in [7, 11) is -0.768. The summed E-state index contributed by atoms with van der Waals surface area (Å²) in [4.78, 5) is 18.0. The molecule has 0 radical (unpaired) electrons. The van der Waals surface area contributed by atoms with Gasteiger partial charge in [-0.05, 0) is 12.8 Å². The molecule has 0 spiro atoms. The predicted octanol–water partition coefficient (Wildman–Crippen LogP) is -0.113. The Kier molecular flexibility index (Phi) is 2.70. The van der Waals surface area contributed by atoms with Crippen molar-refractivity contribution in [1.82, 2.24) is 20.1 Å². The van der Waals surface area contributed by atoms with Gasteiger partial charge in [-0.15, -0.1) is 5.10 Å². The molecule has 92 valence electrons. The lowest BCUT2D eigenvalue weighted by Crippen LogP contribution is -2.42. The van der Waals surface area contributed by atoms with Crippen LogP contribution in [-0.2, 0) is 10.8 Å². The van der Waals surface area contributed by atoms with Crippen molar-refractivity contribution < 1.29 is 9.00 Å². The highest BCUT2D eigenvalue weighted by Crippen LogP contribution is 2.37. The highest BCUT2D eigenvalue weighted by molar-refractivity contribution is 7.85. The summed E-state index contributed by atoms with van der Waals surface area (Å²) in [5.74, 6) is 2.52. The molecule has 1 aliphatic heterocycles. The summed E-state index contributed by atoms with van der Waals surface area (Å²) in [6.45, 7) is 1.08. The third kappa shape index (κ3) is 2.24. The second-order valence-corrected chi connectivity index (χ2v) is 6.15. The molecule has 1 saturated carbocycles. The van der Waals surface area contributed by atoms with Crippen LogP contribution in [0.5, 0.6) is 0 Å². The minimum Gasteiger partial charge on any atom is -0.334 e. The molecular weight excluding hydrogens is 240 g/mol. The third-order valence-electron chi connectivity index (χ3n) is 3.12. The van der Waals surface area contributed by atoms with E-state index in [0.29, 0.717) is 30.5 Å². The van der Waals surface area contributed by atoms with E-state index in [4.69, 9.17) is 0 Å². The Morgan fingerprint density at radius 2 is 2.06 bits per heavy atom. The second kappa shape index (κ2) is 4.21. The fourth-order valence-corrected chi connectivity index (χ4v) is 2.94. The Morgan fingerprint density at radius 3 is 2.71 bits per heavy atom. The lowest BCUT2D eigenvalue weighted by molar-refractivity contribution is 0.0759. The van der Waals surface area contributed by atoms with Crippen LogP contribution >= 0.6 is 0 Å². The van der Waals surface area contributed by atoms with Crippen molar-refractivity contribution in [2.45, 2.75) is 18.8 Å². The molecule has 2 heterocycles. The van der Waals surface area contributed by atoms with Gasteiger partial charge in [0.1, 0.15) is 5.82 Å². The maximum atomic E-state index is 12.0. The molecule has 0 atom stereocenters. The van der Waals surface area contributed by atoms with Crippen LogP contribution in [0, 0.1) is 0 Å². The zero-order valence-electron chi connectivity index (χ0n) is 9.39. The smallest absolute Gasteiger partial charge is 0.293 e. The maximum absolute atomic E-state index is 12.0. The zero-order valence-corrected chi connectivity index (χ0v) is 10.2. The van der Waals surface area contributed by atoms with Gasteiger partial charge in [0.05, 0.1) is 0 Å². The largest absolute Gasteiger partial charge is 0.334 e. The van der Waals surface area contributed by atoms with Gasteiger partial charge in [-0.25, -0.2) is 4.98 Å². The highest BCUT2D eigenvalue weighted by atomic mass is 32.2. The lowest BCUT2D eigenvalue weighted by atomic mass is 10.4. The van der Waals surface area contributed by atoms with E-state index in [9.17, 15) is 9.00 Å². The van der Waals surface area contributed by atoms with E-state index in [1.807, 2.05) is 0 Å². The van der Waals surface area contributed by atoms with Crippen LogP contribution in [0.2, 0.25) is 0 Å². The minimum absolute atomic E-state index is 0.148. The summed E-state index contributed by atoms with van der Waals surface area (Å²) in [6, 6.07) is 0. The van der Waals surface area contributed by atoms with E-state index >= 15 is 0 Å². The number of rotatable bonds is 2. The lowest BCUT2D eigenvalue weighted by Gasteiger charge is -2.24. The van der Waals surface area contributed by atoms with Crippen LogP contribution in [0.15, 0.2) is 0 Å². The molecule has 17 heavy (non-hydrogen) atoms. The van der Waals surface area contributed by atoms with Gasteiger partial charge in [-0.1, -0.05) is 0 Å². The molecular formula is C10H14N4O2S. The molecule has 3 rings (SSSR count). The third-order valence-corrected chi connectivity index (χ3v) is 4.40. The van der Waals surface area contributed by atoms with Crippen molar-refractivity contribution in [2.75, 3.05) is 24.6 Å². The van der Waals surface area contributed by atoms with Crippen molar-refractivity contribution in [1.29, 1.82) is 0 Å². The summed E-state index contributed by atoms with van der Waals surface area (Å²) in [5, 5.41) is 6.80. The number of nitrogens with one attached hydrogen (secondary N) is 1. The molecule has 0 unspecified atom stereocenters. The fourth-order valence-electron chi connectivity index (χ4n) is 1.89. The second-order valence-electron chi connectivity index (χ2n) is 4.46. The first kappa shape index (κ1) is 10.9. The SMILES string of the molecule is O=C(c1n[nH]c(C2CC2)n1)N1CCS(=O)CC1. The Hall–Kier alpha value is -1.24. The molecule has 0 aromatic carbocycles. The number of hydrogen-bond acceptors (Lipinski definition) is 4. The number of carbonyl (C=O) groups is 1. The summed E-state index contributed by atoms with van der Waals surface area (Å²) in [6.07, 6.45) is 2.26. The molecule has 6 nitrogen and oxygen atoms in total. The standard InChI is InChI=1S/C10H14N4O2S/c15-10(14-3-5-17(16)6-4-14)9-11-8(12-13-9)7-1-2-7/h7H,1-6H2,(H,11,12,13). The summed E-state index contributed by atoms with van der Waals surface area (Å²) in [5.41, 5.74) is 0. The van der Waals surface area contributed by atoms with Gasteiger partial charge in [0.2, 0.25) is 5.82 Å². The molecule has 0 bridgehead atoms. The Balaban J connectivity index is 1.69. The number of carbonyl (C=O) groups excluding carboxylic acids is 1. The quantitative estimate of drug-likeness (QED) is 0.798. The first-order chi connectivity index (χ1) is 8.24. The molecule has 1 amide bonds. The number of nitrogens with zero attached hydrogens (tertiary/aromatic N) is 3. The van der Waals surface area contributed by atoms with Crippen LogP contribution in [0.1, 0.15) is 35.2 Å². The summed E-state index contributed by atoms with van der Waals surface area (Å²) < 4.78 is 11.2. The highest BCUT2D eigenvalue weighted by Gasteiger charge is 2.30. The van der Waals surface area contributed by atoms with Gasteiger partial charge in [-0.3, -0.25) is 14.1 Å². The predicted molar refractivity (Wildman–Crippen MR) is 62.1 cm³/mol. The van der Waals surface area contributed by atoms with E-state index < -0.39 is 10.8 Å². The van der Waals surface area contributed by atoms with Crippen molar-refractivity contribution in [3.63, 3.8) is 0 Å². The van der Waals surface area contributed by atoms with Gasteiger partial charge < -0.3 is 4.90 Å². The van der Waals surface area contributed by atoms with E-state index in [0.717, 1.165) is 18.7 Å². The van der Waals surface area contributed by atoms with Crippen LogP contribution < -0.4 is 0 Å². The van der Waals surface area contributed by atoms with Crippen LogP contribution in [0.3, 0.4) is 0 Å². The molecule has 1 saturated heterocycles. The van der Waals surface area contributed by atoms with Crippen LogP contribution in [-0.4, -0.2) is 54.8 Å². The number of aromatic amines is 1. The summed E-state index contributed by atoms with van der Waals surface area (Å²) >= 11 is 0. The van der Waals surface area contributed by atoms with Crippen molar-refractivity contribution in [3.8, 4) is 0 Å². The van der Waals surface area contributed by atoms with Gasteiger partial charge in [0.15, 0.2) is 0 Å². The topological polar surface area (TPSA) is 79.0 Å². The van der Waals surface area contributed by atoms with Crippen molar-refractivity contribution >= 4 is 16.7 Å². The van der Waals surface area contributed by atoms with Gasteiger partial charge in [0.25, 0.3) is 5.91 Å². The number of hydrogen-bond donors (Lipinski definition) is 1.